The number of nitrogens with zero attached hydrogens (tertiary/aromatic N) is 3. The summed E-state index contributed by atoms with van der Waals surface area (Å²) in [6.07, 6.45) is 2.18. The number of fused-ring (bicyclic) bond motifs is 1. The number of imidazole rings is 1. The van der Waals surface area contributed by atoms with Crippen molar-refractivity contribution in [3.8, 4) is 0 Å². The molecule has 1 aliphatic rings. The number of nitrogens with one attached hydrogen (secondary N) is 2. The van der Waals surface area contributed by atoms with Gasteiger partial charge in [0, 0.05) is 12.0 Å². The molecule has 24 heavy (non-hydrogen) atoms. The number of carbonyl (C=O) groups excluding carboxylic acids is 1. The number of carbonyl (C=O) groups is 1. The summed E-state index contributed by atoms with van der Waals surface area (Å²) in [6, 6.07) is 10.0. The monoisotopic (exact) mass is 323 g/mol. The van der Waals surface area contributed by atoms with Crippen LogP contribution < -0.4 is 10.9 Å². The maximum Gasteiger partial charge on any atom is 0.267 e. The largest absolute Gasteiger partial charge is 0.324 e. The third-order valence-corrected chi connectivity index (χ3v) is 4.22. The van der Waals surface area contributed by atoms with Gasteiger partial charge in [0.15, 0.2) is 0 Å². The minimum absolute atomic E-state index is 0.286. The van der Waals surface area contributed by atoms with E-state index in [0.717, 1.165) is 29.6 Å². The van der Waals surface area contributed by atoms with Gasteiger partial charge in [0.1, 0.15) is 6.04 Å². The van der Waals surface area contributed by atoms with Gasteiger partial charge in [-0.25, -0.2) is 9.67 Å². The van der Waals surface area contributed by atoms with Gasteiger partial charge >= 0.3 is 0 Å². The summed E-state index contributed by atoms with van der Waals surface area (Å²) in [7, 11) is 0. The minimum Gasteiger partial charge on any atom is -0.324 e. The second kappa shape index (κ2) is 5.59. The molecule has 1 unspecified atom stereocenters. The first-order chi connectivity index (χ1) is 11.6. The van der Waals surface area contributed by atoms with Crippen LogP contribution in [0.1, 0.15) is 37.4 Å². The van der Waals surface area contributed by atoms with E-state index >= 15 is 0 Å². The fourth-order valence-corrected chi connectivity index (χ4v) is 2.66. The zero-order valence-electron chi connectivity index (χ0n) is 13.2. The van der Waals surface area contributed by atoms with E-state index in [9.17, 15) is 9.59 Å². The molecule has 1 saturated carbocycles. The number of H-pyrrole nitrogens is 1. The molecule has 7 heteroatoms. The van der Waals surface area contributed by atoms with E-state index in [-0.39, 0.29) is 11.5 Å². The number of hydrogen-bond donors (Lipinski definition) is 2. The van der Waals surface area contributed by atoms with Crippen molar-refractivity contribution in [2.45, 2.75) is 31.7 Å². The molecule has 0 aliphatic heterocycles. The number of aromatic amines is 1. The Hall–Kier alpha value is -2.96. The number of aromatic nitrogens is 4. The van der Waals surface area contributed by atoms with E-state index in [1.54, 1.807) is 13.0 Å². The molecule has 1 amide bonds. The lowest BCUT2D eigenvalue weighted by molar-refractivity contribution is -0.119. The van der Waals surface area contributed by atoms with Gasteiger partial charge in [-0.1, -0.05) is 12.1 Å². The van der Waals surface area contributed by atoms with Crippen LogP contribution in [0.5, 0.6) is 0 Å². The lowest BCUT2D eigenvalue weighted by Gasteiger charge is -2.13. The van der Waals surface area contributed by atoms with Crippen molar-refractivity contribution in [3.05, 3.63) is 52.4 Å². The molecule has 1 atom stereocenters. The maximum atomic E-state index is 12.5. The average molecular weight is 323 g/mol. The summed E-state index contributed by atoms with van der Waals surface area (Å²) in [4.78, 5) is 31.9. The van der Waals surface area contributed by atoms with Crippen LogP contribution in [0.4, 0.5) is 5.95 Å². The Balaban J connectivity index is 1.57. The van der Waals surface area contributed by atoms with Crippen molar-refractivity contribution in [1.29, 1.82) is 0 Å². The Labute approximate surface area is 137 Å². The summed E-state index contributed by atoms with van der Waals surface area (Å²) in [6.45, 7) is 1.66. The number of benzene rings is 1. The molecule has 2 heterocycles. The predicted molar refractivity (Wildman–Crippen MR) is 89.9 cm³/mol. The Morgan fingerprint density at radius 3 is 2.83 bits per heavy atom. The van der Waals surface area contributed by atoms with Crippen LogP contribution in [0, 0.1) is 0 Å². The van der Waals surface area contributed by atoms with Crippen molar-refractivity contribution in [1.82, 2.24) is 19.7 Å². The molecule has 2 aromatic heterocycles. The fourth-order valence-electron chi connectivity index (χ4n) is 2.66. The van der Waals surface area contributed by atoms with Crippen LogP contribution in [0.15, 0.2) is 41.2 Å². The fraction of sp³-hybridized carbons (Fsp3) is 0.294. The molecule has 3 aromatic rings. The first kappa shape index (κ1) is 14.6. The van der Waals surface area contributed by atoms with E-state index < -0.39 is 6.04 Å². The van der Waals surface area contributed by atoms with E-state index in [1.807, 2.05) is 24.3 Å². The van der Waals surface area contributed by atoms with Crippen LogP contribution >= 0.6 is 0 Å². The van der Waals surface area contributed by atoms with Crippen molar-refractivity contribution in [2.75, 3.05) is 5.32 Å². The number of para-hydroxylation sites is 2. The third-order valence-electron chi connectivity index (χ3n) is 4.22. The van der Waals surface area contributed by atoms with Crippen molar-refractivity contribution in [2.24, 2.45) is 0 Å². The van der Waals surface area contributed by atoms with Gasteiger partial charge in [-0.15, -0.1) is 0 Å². The number of anilines is 1. The zero-order chi connectivity index (χ0) is 16.7. The predicted octanol–water partition coefficient (Wildman–Crippen LogP) is 2.20. The lowest BCUT2D eigenvalue weighted by atomic mass is 10.2. The lowest BCUT2D eigenvalue weighted by Crippen LogP contribution is -2.33. The second-order valence-corrected chi connectivity index (χ2v) is 6.08. The van der Waals surface area contributed by atoms with Crippen LogP contribution in [-0.2, 0) is 4.79 Å². The summed E-state index contributed by atoms with van der Waals surface area (Å²) >= 11 is 0. The molecule has 4 rings (SSSR count). The highest BCUT2D eigenvalue weighted by Gasteiger charge is 2.27. The normalized spacial score (nSPS) is 15.4. The summed E-state index contributed by atoms with van der Waals surface area (Å²) in [5.41, 5.74) is 2.20. The summed E-state index contributed by atoms with van der Waals surface area (Å²) in [5, 5.41) is 7.07. The SMILES string of the molecule is CC(C(=O)Nc1nc2ccccc2[nH]1)n1nc(C2CC2)ccc1=O. The van der Waals surface area contributed by atoms with Gasteiger partial charge in [-0.2, -0.15) is 5.10 Å². The first-order valence-corrected chi connectivity index (χ1v) is 7.97. The van der Waals surface area contributed by atoms with Gasteiger partial charge < -0.3 is 4.98 Å². The molecule has 1 aliphatic carbocycles. The van der Waals surface area contributed by atoms with E-state index in [1.165, 1.54) is 10.7 Å². The van der Waals surface area contributed by atoms with Crippen LogP contribution in [-0.4, -0.2) is 25.7 Å². The Bertz CT molecular complexity index is 937. The van der Waals surface area contributed by atoms with Crippen molar-refractivity contribution >= 4 is 22.9 Å². The van der Waals surface area contributed by atoms with Gasteiger partial charge in [-0.05, 0) is 38.0 Å². The van der Waals surface area contributed by atoms with Gasteiger partial charge in [0.05, 0.1) is 16.7 Å². The minimum atomic E-state index is -0.718. The molecule has 1 fully saturated rings. The Morgan fingerprint density at radius 2 is 2.08 bits per heavy atom. The number of rotatable bonds is 4. The molecular weight excluding hydrogens is 306 g/mol. The van der Waals surface area contributed by atoms with Crippen LogP contribution in [0.25, 0.3) is 11.0 Å². The van der Waals surface area contributed by atoms with Gasteiger partial charge in [-0.3, -0.25) is 14.9 Å². The third kappa shape index (κ3) is 2.68. The molecule has 1 aromatic carbocycles. The highest BCUT2D eigenvalue weighted by atomic mass is 16.2. The van der Waals surface area contributed by atoms with Crippen molar-refractivity contribution < 1.29 is 4.79 Å². The van der Waals surface area contributed by atoms with Crippen LogP contribution in [0.3, 0.4) is 0 Å². The van der Waals surface area contributed by atoms with Crippen molar-refractivity contribution in [3.63, 3.8) is 0 Å². The summed E-state index contributed by atoms with van der Waals surface area (Å²) in [5.74, 6) is 0.443. The molecule has 0 radical (unpaired) electrons. The maximum absolute atomic E-state index is 12.5. The molecule has 2 N–H and O–H groups in total. The zero-order valence-corrected chi connectivity index (χ0v) is 13.2. The molecule has 0 saturated heterocycles. The molecule has 0 bridgehead atoms. The number of hydrogen-bond acceptors (Lipinski definition) is 4. The van der Waals surface area contributed by atoms with E-state index in [0.29, 0.717) is 11.9 Å². The Morgan fingerprint density at radius 1 is 1.29 bits per heavy atom. The standard InChI is InChI=1S/C17H17N5O2/c1-10(22-15(23)9-8-12(21-22)11-6-7-11)16(24)20-17-18-13-4-2-3-5-14(13)19-17/h2-5,8-11H,6-7H2,1H3,(H2,18,19,20,24). The second-order valence-electron chi connectivity index (χ2n) is 6.08. The van der Waals surface area contributed by atoms with Gasteiger partial charge in [0.25, 0.3) is 11.5 Å². The topological polar surface area (TPSA) is 92.7 Å². The molecule has 7 nitrogen and oxygen atoms in total. The quantitative estimate of drug-likeness (QED) is 0.770. The summed E-state index contributed by atoms with van der Waals surface area (Å²) < 4.78 is 1.24. The molecule has 0 spiro atoms. The van der Waals surface area contributed by atoms with E-state index in [4.69, 9.17) is 0 Å². The average Bonchev–Trinajstić information content (AvgIpc) is 3.34. The highest BCUT2D eigenvalue weighted by Crippen LogP contribution is 2.38. The molecule has 122 valence electrons. The van der Waals surface area contributed by atoms with Crippen LogP contribution in [0.2, 0.25) is 0 Å². The number of amides is 1. The van der Waals surface area contributed by atoms with E-state index in [2.05, 4.69) is 20.4 Å². The Kier molecular flexibility index (Phi) is 3.41. The molecular formula is C17H17N5O2. The van der Waals surface area contributed by atoms with Gasteiger partial charge in [0.2, 0.25) is 5.95 Å². The highest BCUT2D eigenvalue weighted by molar-refractivity contribution is 5.93. The first-order valence-electron chi connectivity index (χ1n) is 7.97. The smallest absolute Gasteiger partial charge is 0.267 e.